The van der Waals surface area contributed by atoms with Crippen LogP contribution in [0.25, 0.3) is 119 Å². The van der Waals surface area contributed by atoms with Crippen molar-refractivity contribution < 1.29 is 4.42 Å². The molecule has 0 saturated carbocycles. The summed E-state index contributed by atoms with van der Waals surface area (Å²) in [7, 11) is 0. The lowest BCUT2D eigenvalue weighted by Gasteiger charge is -2.17. The normalized spacial score (nSPS) is 12.1. The lowest BCUT2D eigenvalue weighted by atomic mass is 9.86. The molecule has 2 aromatic heterocycles. The molecule has 0 N–H and O–H groups in total. The van der Waals surface area contributed by atoms with Crippen LogP contribution >= 0.6 is 11.3 Å². The predicted molar refractivity (Wildman–Crippen MR) is 233 cm³/mol. The topological polar surface area (TPSA) is 13.1 Å². The third-order valence-electron chi connectivity index (χ3n) is 11.4. The minimum atomic E-state index is 0.952. The van der Waals surface area contributed by atoms with Gasteiger partial charge in [0.2, 0.25) is 0 Å². The summed E-state index contributed by atoms with van der Waals surface area (Å²) in [5, 5.41) is 14.7. The summed E-state index contributed by atoms with van der Waals surface area (Å²) in [6.45, 7) is 0. The number of hydrogen-bond donors (Lipinski definition) is 0. The van der Waals surface area contributed by atoms with E-state index in [1.165, 1.54) is 85.9 Å². The van der Waals surface area contributed by atoms with E-state index in [4.69, 9.17) is 4.42 Å². The molecule has 0 unspecified atom stereocenters. The summed E-state index contributed by atoms with van der Waals surface area (Å²) in [6, 6.07) is 66.7. The lowest BCUT2D eigenvalue weighted by Crippen LogP contribution is -1.90. The maximum atomic E-state index is 6.71. The first-order chi connectivity index (χ1) is 26.8. The third-order valence-corrected chi connectivity index (χ3v) is 12.6. The van der Waals surface area contributed by atoms with Gasteiger partial charge in [0.25, 0.3) is 0 Å². The standard InChI is InChI=1S/C52H30OS/c1-2-13-32(14-3-1)49-39-17-7-9-19-41(39)50(42-20-10-8-18-40(42)49)34-24-26-38-37-25-23-33(28-47(37)54-48(38)29-34)45-30-46-44-27-22-31-12-4-5-15-35(31)51(44)53-52(46)43-21-11-6-16-36(43)45/h1-30H. The van der Waals surface area contributed by atoms with Crippen LogP contribution in [-0.2, 0) is 0 Å². The van der Waals surface area contributed by atoms with Crippen molar-refractivity contribution in [3.05, 3.63) is 182 Å². The Kier molecular flexibility index (Phi) is 6.28. The van der Waals surface area contributed by atoms with Crippen LogP contribution in [0.2, 0.25) is 0 Å². The van der Waals surface area contributed by atoms with E-state index < -0.39 is 0 Å². The molecule has 2 heteroatoms. The molecule has 10 aromatic carbocycles. The summed E-state index contributed by atoms with van der Waals surface area (Å²) < 4.78 is 9.30. The van der Waals surface area contributed by atoms with Gasteiger partial charge >= 0.3 is 0 Å². The van der Waals surface area contributed by atoms with Crippen molar-refractivity contribution >= 4 is 96.5 Å². The van der Waals surface area contributed by atoms with Gasteiger partial charge in [0.15, 0.2) is 0 Å². The zero-order valence-electron chi connectivity index (χ0n) is 29.1. The molecular weight excluding hydrogens is 673 g/mol. The smallest absolute Gasteiger partial charge is 0.143 e. The Balaban J connectivity index is 1.05. The monoisotopic (exact) mass is 702 g/mol. The van der Waals surface area contributed by atoms with Crippen LogP contribution in [0.3, 0.4) is 0 Å². The average molecular weight is 703 g/mol. The maximum absolute atomic E-state index is 6.71. The fourth-order valence-electron chi connectivity index (χ4n) is 9.02. The van der Waals surface area contributed by atoms with Gasteiger partial charge < -0.3 is 4.42 Å². The van der Waals surface area contributed by atoms with E-state index in [0.29, 0.717) is 0 Å². The van der Waals surface area contributed by atoms with Crippen molar-refractivity contribution in [3.8, 4) is 33.4 Å². The zero-order chi connectivity index (χ0) is 35.3. The lowest BCUT2D eigenvalue weighted by molar-refractivity contribution is 0.676. The second-order valence-electron chi connectivity index (χ2n) is 14.3. The van der Waals surface area contributed by atoms with Gasteiger partial charge in [0, 0.05) is 41.7 Å². The van der Waals surface area contributed by atoms with Crippen molar-refractivity contribution in [2.24, 2.45) is 0 Å². The van der Waals surface area contributed by atoms with Gasteiger partial charge in [0.1, 0.15) is 11.2 Å². The summed E-state index contributed by atoms with van der Waals surface area (Å²) in [6.07, 6.45) is 0. The van der Waals surface area contributed by atoms with Crippen LogP contribution in [0.4, 0.5) is 0 Å². The predicted octanol–water partition coefficient (Wildman–Crippen LogP) is 15.6. The van der Waals surface area contributed by atoms with Crippen LogP contribution in [0.5, 0.6) is 0 Å². The number of thiophene rings is 1. The Morgan fingerprint density at radius 1 is 0.296 bits per heavy atom. The highest BCUT2D eigenvalue weighted by Gasteiger charge is 2.19. The van der Waals surface area contributed by atoms with Crippen LogP contribution in [0.15, 0.2) is 186 Å². The molecule has 2 heterocycles. The van der Waals surface area contributed by atoms with Crippen molar-refractivity contribution in [2.45, 2.75) is 0 Å². The van der Waals surface area contributed by atoms with Crippen molar-refractivity contribution in [1.82, 2.24) is 0 Å². The second-order valence-corrected chi connectivity index (χ2v) is 15.4. The van der Waals surface area contributed by atoms with E-state index in [2.05, 4.69) is 182 Å². The Bertz CT molecular complexity index is 3440. The molecule has 54 heavy (non-hydrogen) atoms. The first-order valence-corrected chi connectivity index (χ1v) is 19.3. The second kappa shape index (κ2) is 11.4. The van der Waals surface area contributed by atoms with Gasteiger partial charge in [0.05, 0.1) is 0 Å². The van der Waals surface area contributed by atoms with E-state index in [-0.39, 0.29) is 0 Å². The van der Waals surface area contributed by atoms with Gasteiger partial charge in [-0.2, -0.15) is 0 Å². The van der Waals surface area contributed by atoms with Gasteiger partial charge in [-0.05, 0) is 90.0 Å². The molecular formula is C52H30OS. The Hall–Kier alpha value is -6.74. The molecule has 1 nitrogen and oxygen atoms in total. The minimum Gasteiger partial charge on any atom is -0.455 e. The van der Waals surface area contributed by atoms with Crippen LogP contribution in [-0.4, -0.2) is 0 Å². The molecule has 0 radical (unpaired) electrons. The molecule has 12 rings (SSSR count). The molecule has 250 valence electrons. The number of rotatable bonds is 3. The fraction of sp³-hybridized carbons (Fsp3) is 0. The Labute approximate surface area is 314 Å². The van der Waals surface area contributed by atoms with Crippen LogP contribution < -0.4 is 0 Å². The molecule has 0 atom stereocenters. The Morgan fingerprint density at radius 2 is 0.778 bits per heavy atom. The number of hydrogen-bond acceptors (Lipinski definition) is 2. The van der Waals surface area contributed by atoms with Gasteiger partial charge in [-0.1, -0.05) is 158 Å². The van der Waals surface area contributed by atoms with Gasteiger partial charge in [-0.15, -0.1) is 11.3 Å². The maximum Gasteiger partial charge on any atom is 0.143 e. The number of fused-ring (bicyclic) bond motifs is 12. The molecule has 0 aliphatic rings. The average Bonchev–Trinajstić information content (AvgIpc) is 3.80. The first-order valence-electron chi connectivity index (χ1n) is 18.5. The first kappa shape index (κ1) is 29.8. The highest BCUT2D eigenvalue weighted by molar-refractivity contribution is 7.25. The van der Waals surface area contributed by atoms with Crippen molar-refractivity contribution in [1.29, 1.82) is 0 Å². The van der Waals surface area contributed by atoms with E-state index in [1.807, 2.05) is 11.3 Å². The summed E-state index contributed by atoms with van der Waals surface area (Å²) >= 11 is 1.89. The van der Waals surface area contributed by atoms with E-state index in [0.717, 1.165) is 32.7 Å². The number of benzene rings is 10. The van der Waals surface area contributed by atoms with Crippen LogP contribution in [0.1, 0.15) is 0 Å². The SMILES string of the molecule is c1ccc(-c2c3ccccc3c(-c3ccc4c(c3)sc3cc(-c5cc6c7ccc8ccccc8c7oc6c6ccccc56)ccc34)c3ccccc23)cc1. The molecule has 0 bridgehead atoms. The fourth-order valence-corrected chi connectivity index (χ4v) is 10.2. The van der Waals surface area contributed by atoms with Crippen molar-refractivity contribution in [3.63, 3.8) is 0 Å². The van der Waals surface area contributed by atoms with Crippen LogP contribution in [0, 0.1) is 0 Å². The van der Waals surface area contributed by atoms with Crippen molar-refractivity contribution in [2.75, 3.05) is 0 Å². The molecule has 0 fully saturated rings. The Morgan fingerprint density at radius 3 is 1.46 bits per heavy atom. The molecule has 0 spiro atoms. The zero-order valence-corrected chi connectivity index (χ0v) is 30.0. The number of furan rings is 1. The largest absolute Gasteiger partial charge is 0.455 e. The molecule has 0 saturated heterocycles. The molecule has 12 aromatic rings. The summed E-state index contributed by atoms with van der Waals surface area (Å²) in [4.78, 5) is 0. The third kappa shape index (κ3) is 4.26. The quantitative estimate of drug-likeness (QED) is 0.167. The summed E-state index contributed by atoms with van der Waals surface area (Å²) in [5.41, 5.74) is 9.43. The molecule has 0 aliphatic heterocycles. The minimum absolute atomic E-state index is 0.952. The highest BCUT2D eigenvalue weighted by atomic mass is 32.1. The van der Waals surface area contributed by atoms with Gasteiger partial charge in [-0.3, -0.25) is 0 Å². The highest BCUT2D eigenvalue weighted by Crippen LogP contribution is 2.47. The molecule has 0 aliphatic carbocycles. The van der Waals surface area contributed by atoms with Gasteiger partial charge in [-0.25, -0.2) is 0 Å². The summed E-state index contributed by atoms with van der Waals surface area (Å²) in [5.74, 6) is 0. The van der Waals surface area contributed by atoms with E-state index >= 15 is 0 Å². The van der Waals surface area contributed by atoms with E-state index in [9.17, 15) is 0 Å². The van der Waals surface area contributed by atoms with E-state index in [1.54, 1.807) is 0 Å². The molecule has 0 amide bonds.